The number of ether oxygens (including phenoxy) is 1. The zero-order valence-corrected chi connectivity index (χ0v) is 18.0. The fourth-order valence-corrected chi connectivity index (χ4v) is 3.56. The van der Waals surface area contributed by atoms with Crippen LogP contribution in [-0.4, -0.2) is 28.7 Å². The third kappa shape index (κ3) is 4.86. The lowest BCUT2D eigenvalue weighted by Gasteiger charge is -2.19. The largest absolute Gasteiger partial charge is 0.449 e. The molecule has 168 valence electrons. The minimum Gasteiger partial charge on any atom is -0.449 e. The van der Waals surface area contributed by atoms with Gasteiger partial charge in [0.05, 0.1) is 23.3 Å². The summed E-state index contributed by atoms with van der Waals surface area (Å²) in [4.78, 5) is 28.1. The standard InChI is InChI=1S/C25H24N4O4/c1-2-12-33-25(32)27-17-7-5-6-16(13-17)24(31)29-22-18-8-3-4-9-20(18)28-21-14-15(23(26)30)10-11-19(21)22/h3-11,13-14,24,31H,2,12H2,1H3,(H2,26,30)(H,27,32)(H,28,29). The summed E-state index contributed by atoms with van der Waals surface area (Å²) in [6, 6.07) is 19.4. The molecular formula is C25H24N4O4. The van der Waals surface area contributed by atoms with Gasteiger partial charge in [0.2, 0.25) is 5.91 Å². The number of hydrogen-bond donors (Lipinski definition) is 4. The first kappa shape index (κ1) is 22.0. The molecule has 0 radical (unpaired) electrons. The van der Waals surface area contributed by atoms with Crippen molar-refractivity contribution in [3.05, 3.63) is 77.9 Å². The number of amides is 2. The highest BCUT2D eigenvalue weighted by Crippen LogP contribution is 2.33. The average molecular weight is 444 g/mol. The van der Waals surface area contributed by atoms with E-state index in [2.05, 4.69) is 15.6 Å². The number of primary amides is 1. The molecule has 0 bridgehead atoms. The molecular weight excluding hydrogens is 420 g/mol. The van der Waals surface area contributed by atoms with Crippen molar-refractivity contribution in [3.8, 4) is 0 Å². The molecule has 0 aliphatic heterocycles. The average Bonchev–Trinajstić information content (AvgIpc) is 2.82. The van der Waals surface area contributed by atoms with E-state index in [1.807, 2.05) is 31.2 Å². The van der Waals surface area contributed by atoms with Crippen LogP contribution in [0.3, 0.4) is 0 Å². The Morgan fingerprint density at radius 2 is 1.82 bits per heavy atom. The molecule has 0 saturated heterocycles. The molecule has 1 aromatic heterocycles. The van der Waals surface area contributed by atoms with E-state index in [0.29, 0.717) is 40.1 Å². The number of nitrogens with one attached hydrogen (secondary N) is 2. The second kappa shape index (κ2) is 9.54. The summed E-state index contributed by atoms with van der Waals surface area (Å²) in [7, 11) is 0. The van der Waals surface area contributed by atoms with E-state index in [4.69, 9.17) is 10.5 Å². The Morgan fingerprint density at radius 1 is 1.03 bits per heavy atom. The zero-order chi connectivity index (χ0) is 23.4. The number of nitrogens with zero attached hydrogens (tertiary/aromatic N) is 1. The first-order chi connectivity index (χ1) is 16.0. The maximum absolute atomic E-state index is 11.9. The van der Waals surface area contributed by atoms with Crippen molar-refractivity contribution < 1.29 is 19.4 Å². The number of nitrogens with two attached hydrogens (primary N) is 1. The van der Waals surface area contributed by atoms with Gasteiger partial charge in [-0.25, -0.2) is 9.78 Å². The lowest BCUT2D eigenvalue weighted by atomic mass is 10.0. The number of aromatic nitrogens is 1. The molecule has 5 N–H and O–H groups in total. The van der Waals surface area contributed by atoms with Crippen LogP contribution in [-0.2, 0) is 4.74 Å². The van der Waals surface area contributed by atoms with Crippen LogP contribution in [0.25, 0.3) is 21.8 Å². The van der Waals surface area contributed by atoms with Gasteiger partial charge in [-0.1, -0.05) is 37.3 Å². The van der Waals surface area contributed by atoms with E-state index in [0.717, 1.165) is 17.2 Å². The third-order valence-electron chi connectivity index (χ3n) is 5.13. The van der Waals surface area contributed by atoms with Crippen LogP contribution in [0.5, 0.6) is 0 Å². The fraction of sp³-hybridized carbons (Fsp3) is 0.160. The van der Waals surface area contributed by atoms with Gasteiger partial charge in [0.15, 0.2) is 6.23 Å². The third-order valence-corrected chi connectivity index (χ3v) is 5.13. The van der Waals surface area contributed by atoms with Crippen LogP contribution in [0.2, 0.25) is 0 Å². The number of carbonyl (C=O) groups is 2. The molecule has 0 fully saturated rings. The minimum atomic E-state index is -1.08. The number of hydrogen-bond acceptors (Lipinski definition) is 6. The van der Waals surface area contributed by atoms with Gasteiger partial charge in [-0.05, 0) is 42.8 Å². The number of carbonyl (C=O) groups excluding carboxylic acids is 2. The van der Waals surface area contributed by atoms with Crippen molar-refractivity contribution in [1.29, 1.82) is 0 Å². The Kier molecular flexibility index (Phi) is 6.37. The number of rotatable bonds is 7. The number of pyridine rings is 1. The molecule has 1 heterocycles. The Bertz CT molecular complexity index is 1340. The maximum atomic E-state index is 11.9. The lowest BCUT2D eigenvalue weighted by molar-refractivity contribution is 0.1000. The van der Waals surface area contributed by atoms with E-state index in [-0.39, 0.29) is 0 Å². The van der Waals surface area contributed by atoms with Gasteiger partial charge in [-0.2, -0.15) is 0 Å². The fourth-order valence-electron chi connectivity index (χ4n) is 3.56. The molecule has 0 spiro atoms. The van der Waals surface area contributed by atoms with Crippen LogP contribution in [0.15, 0.2) is 66.7 Å². The maximum Gasteiger partial charge on any atom is 0.411 e. The molecule has 8 nitrogen and oxygen atoms in total. The minimum absolute atomic E-state index is 0.329. The zero-order valence-electron chi connectivity index (χ0n) is 18.0. The van der Waals surface area contributed by atoms with Crippen LogP contribution < -0.4 is 16.4 Å². The van der Waals surface area contributed by atoms with Crippen LogP contribution in [0.1, 0.15) is 35.5 Å². The molecule has 8 heteroatoms. The van der Waals surface area contributed by atoms with Crippen molar-refractivity contribution in [3.63, 3.8) is 0 Å². The van der Waals surface area contributed by atoms with Gasteiger partial charge < -0.3 is 20.9 Å². The van der Waals surface area contributed by atoms with Gasteiger partial charge in [-0.3, -0.25) is 10.1 Å². The Hall–Kier alpha value is -4.17. The van der Waals surface area contributed by atoms with Crippen molar-refractivity contribution in [2.24, 2.45) is 5.73 Å². The summed E-state index contributed by atoms with van der Waals surface area (Å²) in [6.45, 7) is 2.24. The summed E-state index contributed by atoms with van der Waals surface area (Å²) in [5.74, 6) is -0.539. The van der Waals surface area contributed by atoms with E-state index in [1.54, 1.807) is 42.5 Å². The first-order valence-corrected chi connectivity index (χ1v) is 10.6. The lowest BCUT2D eigenvalue weighted by Crippen LogP contribution is -2.15. The predicted molar refractivity (Wildman–Crippen MR) is 128 cm³/mol. The van der Waals surface area contributed by atoms with E-state index in [9.17, 15) is 14.7 Å². The van der Waals surface area contributed by atoms with Crippen molar-refractivity contribution in [2.45, 2.75) is 19.6 Å². The van der Waals surface area contributed by atoms with Crippen LogP contribution in [0, 0.1) is 0 Å². The molecule has 3 aromatic carbocycles. The van der Waals surface area contributed by atoms with Gasteiger partial charge >= 0.3 is 6.09 Å². The molecule has 33 heavy (non-hydrogen) atoms. The highest BCUT2D eigenvalue weighted by atomic mass is 16.5. The number of anilines is 2. The molecule has 0 saturated carbocycles. The van der Waals surface area contributed by atoms with Gasteiger partial charge in [0.1, 0.15) is 0 Å². The summed E-state index contributed by atoms with van der Waals surface area (Å²) < 4.78 is 5.05. The summed E-state index contributed by atoms with van der Waals surface area (Å²) in [5.41, 5.74) is 8.78. The Morgan fingerprint density at radius 3 is 2.61 bits per heavy atom. The normalized spacial score (nSPS) is 11.8. The number of aliphatic hydroxyl groups excluding tert-OH is 1. The second-order valence-corrected chi connectivity index (χ2v) is 7.53. The van der Waals surface area contributed by atoms with E-state index in [1.165, 1.54) is 0 Å². The van der Waals surface area contributed by atoms with Crippen LogP contribution in [0.4, 0.5) is 16.2 Å². The molecule has 2 amide bonds. The van der Waals surface area contributed by atoms with Gasteiger partial charge in [-0.15, -0.1) is 0 Å². The molecule has 0 aliphatic carbocycles. The summed E-state index contributed by atoms with van der Waals surface area (Å²) in [6.07, 6.45) is -0.902. The SMILES string of the molecule is CCCOC(=O)Nc1cccc(C(O)Nc2c3ccccc3nc3cc(C(N)=O)ccc23)c1. The number of benzene rings is 3. The Balaban J connectivity index is 1.68. The van der Waals surface area contributed by atoms with Crippen LogP contribution >= 0.6 is 0 Å². The van der Waals surface area contributed by atoms with Gasteiger partial charge in [0, 0.05) is 27.6 Å². The summed E-state index contributed by atoms with van der Waals surface area (Å²) >= 11 is 0. The van der Waals surface area contributed by atoms with E-state index < -0.39 is 18.2 Å². The molecule has 0 aliphatic rings. The number of fused-ring (bicyclic) bond motifs is 2. The first-order valence-electron chi connectivity index (χ1n) is 10.6. The molecule has 4 aromatic rings. The van der Waals surface area contributed by atoms with Crippen molar-refractivity contribution >= 4 is 45.2 Å². The second-order valence-electron chi connectivity index (χ2n) is 7.53. The van der Waals surface area contributed by atoms with E-state index >= 15 is 0 Å². The smallest absolute Gasteiger partial charge is 0.411 e. The molecule has 4 rings (SSSR count). The topological polar surface area (TPSA) is 127 Å². The number of para-hydroxylation sites is 1. The highest BCUT2D eigenvalue weighted by Gasteiger charge is 2.15. The molecule has 1 unspecified atom stereocenters. The highest BCUT2D eigenvalue weighted by molar-refractivity contribution is 6.09. The number of aliphatic hydroxyl groups is 1. The quantitative estimate of drug-likeness (QED) is 0.245. The monoisotopic (exact) mass is 444 g/mol. The predicted octanol–water partition coefficient (Wildman–Crippen LogP) is 4.55. The summed E-state index contributed by atoms with van der Waals surface area (Å²) in [5, 5.41) is 18.4. The molecule has 1 atom stereocenters. The van der Waals surface area contributed by atoms with Crippen molar-refractivity contribution in [2.75, 3.05) is 17.2 Å². The van der Waals surface area contributed by atoms with Gasteiger partial charge in [0.25, 0.3) is 0 Å². The Labute approximate surface area is 190 Å². The van der Waals surface area contributed by atoms with Crippen molar-refractivity contribution in [1.82, 2.24) is 4.98 Å².